The van der Waals surface area contributed by atoms with E-state index < -0.39 is 39.9 Å². The zero-order valence-electron chi connectivity index (χ0n) is 11.3. The Balaban J connectivity index is 3.31. The number of aryl methyl sites for hydroxylation is 1. The van der Waals surface area contributed by atoms with E-state index in [1.165, 1.54) is 13.8 Å². The highest BCUT2D eigenvalue weighted by molar-refractivity contribution is 5.79. The number of halogens is 2. The van der Waals surface area contributed by atoms with Gasteiger partial charge in [0.2, 0.25) is 0 Å². The summed E-state index contributed by atoms with van der Waals surface area (Å²) in [5.74, 6) is -6.98. The third-order valence-electron chi connectivity index (χ3n) is 2.84. The highest BCUT2D eigenvalue weighted by atomic mass is 19.3. The van der Waals surface area contributed by atoms with Gasteiger partial charge >= 0.3 is 17.6 Å². The summed E-state index contributed by atoms with van der Waals surface area (Å²) in [4.78, 5) is 21.1. The van der Waals surface area contributed by atoms with E-state index in [1.54, 1.807) is 0 Å². The molecule has 1 aromatic rings. The van der Waals surface area contributed by atoms with E-state index >= 15 is 0 Å². The van der Waals surface area contributed by atoms with Crippen molar-refractivity contribution in [2.45, 2.75) is 25.8 Å². The first-order valence-electron chi connectivity index (χ1n) is 5.92. The Morgan fingerprint density at radius 3 is 2.62 bits per heavy atom. The van der Waals surface area contributed by atoms with Crippen molar-refractivity contribution in [2.24, 2.45) is 5.73 Å². The highest BCUT2D eigenvalue weighted by Crippen LogP contribution is 2.40. The number of phenolic OH excluding ortho intramolecular Hbond substituents is 1. The third kappa shape index (κ3) is 3.07. The van der Waals surface area contributed by atoms with Gasteiger partial charge in [-0.25, -0.2) is 4.79 Å². The SMILES string of the molecule is CCOC(=O)C(F)(F)[C@@H](N)c1ccc(C)c([N+](=O)[O-])c1O. The second-order valence-corrected chi connectivity index (χ2v) is 4.25. The molecule has 9 heteroatoms. The topological polar surface area (TPSA) is 116 Å². The fourth-order valence-electron chi connectivity index (χ4n) is 1.73. The summed E-state index contributed by atoms with van der Waals surface area (Å²) in [6.45, 7) is 2.39. The van der Waals surface area contributed by atoms with Crippen LogP contribution < -0.4 is 5.73 Å². The van der Waals surface area contributed by atoms with E-state index in [9.17, 15) is 28.8 Å². The average molecular weight is 304 g/mol. The highest BCUT2D eigenvalue weighted by Gasteiger charge is 2.49. The number of ether oxygens (including phenoxy) is 1. The molecule has 0 saturated carbocycles. The van der Waals surface area contributed by atoms with Gasteiger partial charge in [0.25, 0.3) is 0 Å². The molecule has 0 spiro atoms. The smallest absolute Gasteiger partial charge is 0.379 e. The molecule has 0 aromatic heterocycles. The molecular weight excluding hydrogens is 290 g/mol. The van der Waals surface area contributed by atoms with Crippen molar-refractivity contribution in [1.82, 2.24) is 0 Å². The first kappa shape index (κ1) is 16.8. The first-order chi connectivity index (χ1) is 9.64. The average Bonchev–Trinajstić information content (AvgIpc) is 2.38. The summed E-state index contributed by atoms with van der Waals surface area (Å²) >= 11 is 0. The van der Waals surface area contributed by atoms with Crippen LogP contribution in [0, 0.1) is 17.0 Å². The van der Waals surface area contributed by atoms with E-state index in [4.69, 9.17) is 5.73 Å². The number of aromatic hydroxyl groups is 1. The van der Waals surface area contributed by atoms with E-state index in [0.717, 1.165) is 12.1 Å². The standard InChI is InChI=1S/C12H14F2N2O5/c1-3-21-11(18)12(13,14)10(15)7-5-4-6(2)8(9(7)17)16(19)20/h4-5,10,17H,3,15H2,1-2H3/t10-/m0/s1. The Labute approximate surface area is 118 Å². The lowest BCUT2D eigenvalue weighted by Crippen LogP contribution is -2.41. The predicted molar refractivity (Wildman–Crippen MR) is 68.0 cm³/mol. The number of nitrogens with two attached hydrogens (primary N) is 1. The van der Waals surface area contributed by atoms with Gasteiger partial charge in [-0.15, -0.1) is 0 Å². The summed E-state index contributed by atoms with van der Waals surface area (Å²) in [7, 11) is 0. The van der Waals surface area contributed by atoms with Crippen molar-refractivity contribution < 1.29 is 28.3 Å². The number of esters is 1. The maximum Gasteiger partial charge on any atom is 0.379 e. The molecule has 1 aromatic carbocycles. The minimum absolute atomic E-state index is 0.0768. The number of hydrogen-bond acceptors (Lipinski definition) is 6. The van der Waals surface area contributed by atoms with Crippen LogP contribution in [0.5, 0.6) is 5.75 Å². The predicted octanol–water partition coefficient (Wildman–Crippen LogP) is 1.81. The number of hydrogen-bond donors (Lipinski definition) is 2. The van der Waals surface area contributed by atoms with Crippen LogP contribution in [-0.4, -0.2) is 28.5 Å². The minimum atomic E-state index is -4.13. The van der Waals surface area contributed by atoms with Crippen molar-refractivity contribution >= 4 is 11.7 Å². The van der Waals surface area contributed by atoms with E-state index in [2.05, 4.69) is 4.74 Å². The molecule has 0 aliphatic rings. The molecule has 21 heavy (non-hydrogen) atoms. The number of carbonyl (C=O) groups excluding carboxylic acids is 1. The van der Waals surface area contributed by atoms with Crippen molar-refractivity contribution in [3.05, 3.63) is 33.4 Å². The van der Waals surface area contributed by atoms with Crippen LogP contribution in [0.15, 0.2) is 12.1 Å². The largest absolute Gasteiger partial charge is 0.502 e. The van der Waals surface area contributed by atoms with E-state index in [0.29, 0.717) is 0 Å². The van der Waals surface area contributed by atoms with Gasteiger partial charge in [0.1, 0.15) is 6.04 Å². The van der Waals surface area contributed by atoms with Crippen molar-refractivity contribution in [3.63, 3.8) is 0 Å². The first-order valence-corrected chi connectivity index (χ1v) is 5.92. The van der Waals surface area contributed by atoms with Crippen LogP contribution in [0.4, 0.5) is 14.5 Å². The molecular formula is C12H14F2N2O5. The molecule has 0 aliphatic heterocycles. The molecule has 3 N–H and O–H groups in total. The Kier molecular flexibility index (Phi) is 4.79. The molecule has 0 amide bonds. The number of rotatable bonds is 5. The van der Waals surface area contributed by atoms with Crippen LogP contribution in [0.25, 0.3) is 0 Å². The minimum Gasteiger partial charge on any atom is -0.502 e. The second kappa shape index (κ2) is 6.00. The molecule has 0 unspecified atom stereocenters. The van der Waals surface area contributed by atoms with Crippen LogP contribution in [0.2, 0.25) is 0 Å². The molecule has 1 atom stereocenters. The molecule has 0 bridgehead atoms. The number of nitro groups is 1. The molecule has 0 fully saturated rings. The quantitative estimate of drug-likeness (QED) is 0.487. The number of carbonyl (C=O) groups is 1. The molecule has 1 rings (SSSR count). The normalized spacial score (nSPS) is 12.8. The molecule has 116 valence electrons. The summed E-state index contributed by atoms with van der Waals surface area (Å²) < 4.78 is 31.8. The molecule has 0 heterocycles. The summed E-state index contributed by atoms with van der Waals surface area (Å²) in [6.07, 6.45) is 0. The van der Waals surface area contributed by atoms with Crippen molar-refractivity contribution in [2.75, 3.05) is 6.61 Å². The number of nitro benzene ring substituents is 1. The summed E-state index contributed by atoms with van der Waals surface area (Å²) in [5.41, 5.74) is 4.03. The zero-order chi connectivity index (χ0) is 16.4. The molecule has 0 aliphatic carbocycles. The van der Waals surface area contributed by atoms with E-state index in [-0.39, 0.29) is 12.2 Å². The zero-order valence-corrected chi connectivity index (χ0v) is 11.3. The summed E-state index contributed by atoms with van der Waals surface area (Å²) in [6, 6.07) is -0.0973. The van der Waals surface area contributed by atoms with Gasteiger partial charge in [0.15, 0.2) is 5.75 Å². The Hall–Kier alpha value is -2.29. The number of benzene rings is 1. The maximum absolute atomic E-state index is 13.8. The lowest BCUT2D eigenvalue weighted by Gasteiger charge is -2.22. The van der Waals surface area contributed by atoms with Crippen molar-refractivity contribution in [1.29, 1.82) is 0 Å². The Bertz CT molecular complexity index is 577. The van der Waals surface area contributed by atoms with Crippen LogP contribution in [-0.2, 0) is 9.53 Å². The van der Waals surface area contributed by atoms with Gasteiger partial charge in [-0.3, -0.25) is 10.1 Å². The van der Waals surface area contributed by atoms with Crippen LogP contribution in [0.1, 0.15) is 24.1 Å². The lowest BCUT2D eigenvalue weighted by atomic mass is 9.98. The molecule has 7 nitrogen and oxygen atoms in total. The van der Waals surface area contributed by atoms with Gasteiger partial charge in [0.05, 0.1) is 11.5 Å². The molecule has 0 saturated heterocycles. The second-order valence-electron chi connectivity index (χ2n) is 4.25. The van der Waals surface area contributed by atoms with Crippen LogP contribution in [0.3, 0.4) is 0 Å². The number of phenols is 1. The van der Waals surface area contributed by atoms with Gasteiger partial charge in [0, 0.05) is 11.1 Å². The van der Waals surface area contributed by atoms with Crippen LogP contribution >= 0.6 is 0 Å². The van der Waals surface area contributed by atoms with Gasteiger partial charge in [-0.1, -0.05) is 12.1 Å². The monoisotopic (exact) mass is 304 g/mol. The van der Waals surface area contributed by atoms with Gasteiger partial charge < -0.3 is 15.6 Å². The number of nitrogens with zero attached hydrogens (tertiary/aromatic N) is 1. The Morgan fingerprint density at radius 2 is 2.14 bits per heavy atom. The fourth-order valence-corrected chi connectivity index (χ4v) is 1.73. The fraction of sp³-hybridized carbons (Fsp3) is 0.417. The van der Waals surface area contributed by atoms with E-state index in [1.807, 2.05) is 0 Å². The number of alkyl halides is 2. The van der Waals surface area contributed by atoms with Gasteiger partial charge in [-0.05, 0) is 13.8 Å². The molecule has 0 radical (unpaired) electrons. The van der Waals surface area contributed by atoms with Gasteiger partial charge in [-0.2, -0.15) is 8.78 Å². The van der Waals surface area contributed by atoms with Crippen molar-refractivity contribution in [3.8, 4) is 5.75 Å². The third-order valence-corrected chi connectivity index (χ3v) is 2.84. The summed E-state index contributed by atoms with van der Waals surface area (Å²) in [5, 5.41) is 20.6. The Morgan fingerprint density at radius 1 is 1.57 bits per heavy atom. The lowest BCUT2D eigenvalue weighted by molar-refractivity contribution is -0.386. The maximum atomic E-state index is 13.8.